The minimum atomic E-state index is -3.67. The predicted molar refractivity (Wildman–Crippen MR) is 110 cm³/mol. The van der Waals surface area contributed by atoms with Gasteiger partial charge in [-0.05, 0) is 30.0 Å². The van der Waals surface area contributed by atoms with Gasteiger partial charge in [0.1, 0.15) is 0 Å². The summed E-state index contributed by atoms with van der Waals surface area (Å²) >= 11 is 0. The van der Waals surface area contributed by atoms with Gasteiger partial charge in [0.25, 0.3) is 0 Å². The van der Waals surface area contributed by atoms with Gasteiger partial charge in [-0.15, -0.1) is 0 Å². The smallest absolute Gasteiger partial charge is 0.409 e. The highest BCUT2D eigenvalue weighted by atomic mass is 32.2. The lowest BCUT2D eigenvalue weighted by atomic mass is 9.87. The second-order valence-electron chi connectivity index (χ2n) is 7.99. The number of ether oxygens (including phenoxy) is 1. The molecule has 1 N–H and O–H groups in total. The van der Waals surface area contributed by atoms with Crippen molar-refractivity contribution in [1.82, 2.24) is 14.5 Å². The molecule has 8 nitrogen and oxygen atoms in total. The Balaban J connectivity index is 1.81. The van der Waals surface area contributed by atoms with Crippen LogP contribution in [0.25, 0.3) is 0 Å². The molecule has 2 amide bonds. The van der Waals surface area contributed by atoms with Crippen LogP contribution in [0.15, 0.2) is 29.2 Å². The Morgan fingerprint density at radius 2 is 1.59 bits per heavy atom. The van der Waals surface area contributed by atoms with Crippen molar-refractivity contribution in [2.75, 3.05) is 39.3 Å². The Labute approximate surface area is 173 Å². The van der Waals surface area contributed by atoms with Crippen LogP contribution in [0.5, 0.6) is 0 Å². The van der Waals surface area contributed by atoms with Gasteiger partial charge in [0, 0.05) is 39.1 Å². The maximum Gasteiger partial charge on any atom is 0.409 e. The number of nitrogens with one attached hydrogen (secondary N) is 1. The van der Waals surface area contributed by atoms with Crippen LogP contribution in [0.2, 0.25) is 0 Å². The number of amides is 2. The molecule has 0 aromatic heterocycles. The first kappa shape index (κ1) is 23.2. The Bertz CT molecular complexity index is 808. The predicted octanol–water partition coefficient (Wildman–Crippen LogP) is 1.95. The van der Waals surface area contributed by atoms with Gasteiger partial charge in [0.2, 0.25) is 15.9 Å². The highest BCUT2D eigenvalue weighted by Gasteiger charge is 2.25. The first-order chi connectivity index (χ1) is 13.5. The van der Waals surface area contributed by atoms with E-state index in [1.165, 1.54) is 0 Å². The lowest BCUT2D eigenvalue weighted by Crippen LogP contribution is -2.51. The molecule has 1 fully saturated rings. The van der Waals surface area contributed by atoms with E-state index in [2.05, 4.69) is 25.5 Å². The van der Waals surface area contributed by atoms with E-state index < -0.39 is 10.0 Å². The quantitative estimate of drug-likeness (QED) is 0.752. The van der Waals surface area contributed by atoms with Crippen LogP contribution in [0.1, 0.15) is 39.7 Å². The van der Waals surface area contributed by atoms with Gasteiger partial charge >= 0.3 is 6.09 Å². The summed E-state index contributed by atoms with van der Waals surface area (Å²) in [5, 5.41) is 0. The van der Waals surface area contributed by atoms with Crippen molar-refractivity contribution < 1.29 is 22.7 Å². The molecule has 0 bridgehead atoms. The fraction of sp³-hybridized carbons (Fsp3) is 0.600. The molecule has 0 unspecified atom stereocenters. The van der Waals surface area contributed by atoms with Gasteiger partial charge < -0.3 is 14.5 Å². The molecular formula is C20H31N3O5S. The zero-order valence-electron chi connectivity index (χ0n) is 17.6. The molecule has 0 atom stereocenters. The Hall–Kier alpha value is -2.13. The summed E-state index contributed by atoms with van der Waals surface area (Å²) in [6.07, 6.45) is -0.302. The standard InChI is InChI=1S/C20H31N3O5S/c1-5-28-19(25)23-14-12-22(13-15-23)18(24)10-11-21-29(26,27)17-8-6-16(7-9-17)20(2,3)4/h6-9,21H,5,10-15H2,1-4H3. The summed E-state index contributed by atoms with van der Waals surface area (Å²) in [6, 6.07) is 6.78. The summed E-state index contributed by atoms with van der Waals surface area (Å²) in [4.78, 5) is 27.4. The van der Waals surface area contributed by atoms with Crippen molar-refractivity contribution in [3.8, 4) is 0 Å². The van der Waals surface area contributed by atoms with E-state index in [1.54, 1.807) is 28.9 Å². The summed E-state index contributed by atoms with van der Waals surface area (Å²) in [5.74, 6) is -0.140. The Morgan fingerprint density at radius 3 is 2.10 bits per heavy atom. The van der Waals surface area contributed by atoms with E-state index in [-0.39, 0.29) is 35.3 Å². The molecule has 1 aliphatic rings. The van der Waals surface area contributed by atoms with E-state index in [0.717, 1.165) is 5.56 Å². The van der Waals surface area contributed by atoms with Crippen molar-refractivity contribution in [3.63, 3.8) is 0 Å². The van der Waals surface area contributed by atoms with Crippen molar-refractivity contribution in [2.45, 2.75) is 44.4 Å². The molecule has 1 aliphatic heterocycles. The lowest BCUT2D eigenvalue weighted by molar-refractivity contribution is -0.132. The maximum atomic E-state index is 12.4. The fourth-order valence-corrected chi connectivity index (χ4v) is 4.05. The molecule has 1 heterocycles. The monoisotopic (exact) mass is 425 g/mol. The number of piperazine rings is 1. The van der Waals surface area contributed by atoms with E-state index in [0.29, 0.717) is 32.8 Å². The van der Waals surface area contributed by atoms with Crippen LogP contribution in [0.3, 0.4) is 0 Å². The fourth-order valence-electron chi connectivity index (χ4n) is 3.02. The topological polar surface area (TPSA) is 96.0 Å². The molecule has 0 spiro atoms. The third kappa shape index (κ3) is 6.43. The average Bonchev–Trinajstić information content (AvgIpc) is 2.67. The largest absolute Gasteiger partial charge is 0.450 e. The second kappa shape index (κ2) is 9.58. The number of hydrogen-bond donors (Lipinski definition) is 1. The van der Waals surface area contributed by atoms with Crippen molar-refractivity contribution in [2.24, 2.45) is 0 Å². The van der Waals surface area contributed by atoms with E-state index >= 15 is 0 Å². The van der Waals surface area contributed by atoms with Gasteiger partial charge in [-0.2, -0.15) is 0 Å². The van der Waals surface area contributed by atoms with Crippen LogP contribution < -0.4 is 4.72 Å². The van der Waals surface area contributed by atoms with Crippen molar-refractivity contribution in [1.29, 1.82) is 0 Å². The molecule has 1 aromatic carbocycles. The number of benzene rings is 1. The van der Waals surface area contributed by atoms with E-state index in [4.69, 9.17) is 4.74 Å². The Morgan fingerprint density at radius 1 is 1.03 bits per heavy atom. The number of carbonyl (C=O) groups excluding carboxylic acids is 2. The normalized spacial score (nSPS) is 15.3. The lowest BCUT2D eigenvalue weighted by Gasteiger charge is -2.34. The van der Waals surface area contributed by atoms with E-state index in [9.17, 15) is 18.0 Å². The SMILES string of the molecule is CCOC(=O)N1CCN(C(=O)CCNS(=O)(=O)c2ccc(C(C)(C)C)cc2)CC1. The summed E-state index contributed by atoms with van der Waals surface area (Å²) in [5.41, 5.74) is 0.994. The van der Waals surface area contributed by atoms with Gasteiger partial charge in [-0.1, -0.05) is 32.9 Å². The summed E-state index contributed by atoms with van der Waals surface area (Å²) < 4.78 is 32.3. The van der Waals surface area contributed by atoms with Gasteiger partial charge in [0.05, 0.1) is 11.5 Å². The average molecular weight is 426 g/mol. The van der Waals surface area contributed by atoms with Gasteiger partial charge in [-0.3, -0.25) is 4.79 Å². The van der Waals surface area contributed by atoms with Crippen LogP contribution in [-0.4, -0.2) is 69.5 Å². The molecular weight excluding hydrogens is 394 g/mol. The van der Waals surface area contributed by atoms with Crippen LogP contribution in [0.4, 0.5) is 4.79 Å². The first-order valence-electron chi connectivity index (χ1n) is 9.84. The minimum Gasteiger partial charge on any atom is -0.450 e. The molecule has 162 valence electrons. The van der Waals surface area contributed by atoms with E-state index in [1.807, 2.05) is 12.1 Å². The molecule has 1 aromatic rings. The molecule has 0 saturated carbocycles. The molecule has 2 rings (SSSR count). The minimum absolute atomic E-state index is 0.0281. The maximum absolute atomic E-state index is 12.4. The summed E-state index contributed by atoms with van der Waals surface area (Å²) in [6.45, 7) is 9.94. The van der Waals surface area contributed by atoms with Gasteiger partial charge in [-0.25, -0.2) is 17.9 Å². The molecule has 0 radical (unpaired) electrons. The number of nitrogens with zero attached hydrogens (tertiary/aromatic N) is 2. The number of carbonyl (C=O) groups is 2. The first-order valence-corrected chi connectivity index (χ1v) is 11.3. The molecule has 29 heavy (non-hydrogen) atoms. The summed E-state index contributed by atoms with van der Waals surface area (Å²) in [7, 11) is -3.67. The third-order valence-electron chi connectivity index (χ3n) is 4.82. The van der Waals surface area contributed by atoms with Crippen LogP contribution >= 0.6 is 0 Å². The van der Waals surface area contributed by atoms with Crippen molar-refractivity contribution in [3.05, 3.63) is 29.8 Å². The highest BCUT2D eigenvalue weighted by Crippen LogP contribution is 2.23. The second-order valence-corrected chi connectivity index (χ2v) is 9.76. The Kier molecular flexibility index (Phi) is 7.65. The molecule has 0 aliphatic carbocycles. The van der Waals surface area contributed by atoms with Gasteiger partial charge in [0.15, 0.2) is 0 Å². The highest BCUT2D eigenvalue weighted by molar-refractivity contribution is 7.89. The molecule has 1 saturated heterocycles. The number of hydrogen-bond acceptors (Lipinski definition) is 5. The van der Waals surface area contributed by atoms with Crippen LogP contribution in [0, 0.1) is 0 Å². The number of sulfonamides is 1. The molecule has 9 heteroatoms. The third-order valence-corrected chi connectivity index (χ3v) is 6.30. The van der Waals surface area contributed by atoms with Crippen LogP contribution in [-0.2, 0) is 25.0 Å². The number of rotatable bonds is 6. The zero-order chi connectivity index (χ0) is 21.7. The zero-order valence-corrected chi connectivity index (χ0v) is 18.4. The van der Waals surface area contributed by atoms with Crippen molar-refractivity contribution >= 4 is 22.0 Å².